The van der Waals surface area contributed by atoms with Crippen LogP contribution in [0.5, 0.6) is 0 Å². The van der Waals surface area contributed by atoms with Gasteiger partial charge in [0.1, 0.15) is 12.6 Å². The molecule has 1 N–H and O–H groups in total. The molecule has 0 saturated carbocycles. The van der Waals surface area contributed by atoms with E-state index in [9.17, 15) is 22.8 Å². The third kappa shape index (κ3) is 8.79. The Labute approximate surface area is 251 Å². The lowest BCUT2D eigenvalue weighted by atomic mass is 10.0. The lowest BCUT2D eigenvalue weighted by molar-refractivity contribution is -0.140. The Morgan fingerprint density at radius 1 is 0.927 bits per heavy atom. The Balaban J connectivity index is 2.10. The molecule has 41 heavy (non-hydrogen) atoms. The summed E-state index contributed by atoms with van der Waals surface area (Å²) in [5.41, 5.74) is 1.68. The zero-order chi connectivity index (χ0) is 30.2. The van der Waals surface area contributed by atoms with Crippen molar-refractivity contribution >= 4 is 56.5 Å². The number of hydrogen-bond donors (Lipinski definition) is 1. The van der Waals surface area contributed by atoms with Gasteiger partial charge in [0.05, 0.1) is 11.9 Å². The summed E-state index contributed by atoms with van der Waals surface area (Å²) >= 11 is 12.9. The first kappa shape index (κ1) is 32.1. The Kier molecular flexibility index (Phi) is 11.3. The molecule has 3 aromatic carbocycles. The average Bonchev–Trinajstić information content (AvgIpc) is 2.93. The number of ketones is 1. The summed E-state index contributed by atoms with van der Waals surface area (Å²) in [7, 11) is -3.98. The van der Waals surface area contributed by atoms with Crippen LogP contribution in [0.4, 0.5) is 5.69 Å². The predicted octanol–water partition coefficient (Wildman–Crippen LogP) is 5.13. The highest BCUT2D eigenvalue weighted by atomic mass is 35.5. The zero-order valence-electron chi connectivity index (χ0n) is 23.1. The second kappa shape index (κ2) is 14.5. The van der Waals surface area contributed by atoms with Crippen LogP contribution in [-0.4, -0.2) is 56.3 Å². The fourth-order valence-corrected chi connectivity index (χ4v) is 5.63. The highest BCUT2D eigenvalue weighted by Crippen LogP contribution is 2.28. The van der Waals surface area contributed by atoms with Crippen LogP contribution in [0.15, 0.2) is 72.8 Å². The number of halogens is 2. The van der Waals surface area contributed by atoms with Crippen molar-refractivity contribution in [1.82, 2.24) is 10.2 Å². The molecule has 0 aromatic heterocycles. The van der Waals surface area contributed by atoms with Gasteiger partial charge in [0, 0.05) is 40.7 Å². The van der Waals surface area contributed by atoms with E-state index < -0.39 is 34.4 Å². The lowest BCUT2D eigenvalue weighted by Crippen LogP contribution is -2.53. The SMILES string of the molecule is CCCNC(=O)[C@H](Cc1ccccc1)N(Cc1c(Cl)cccc1Cl)C(=O)CN(c1cccc(C(C)=O)c1)S(C)(=O)=O. The monoisotopic (exact) mass is 617 g/mol. The van der Waals surface area contributed by atoms with Crippen molar-refractivity contribution in [3.05, 3.63) is 99.5 Å². The van der Waals surface area contributed by atoms with Crippen molar-refractivity contribution in [3.63, 3.8) is 0 Å². The minimum absolute atomic E-state index is 0.139. The van der Waals surface area contributed by atoms with Crippen molar-refractivity contribution in [3.8, 4) is 0 Å². The van der Waals surface area contributed by atoms with Crippen LogP contribution in [0.3, 0.4) is 0 Å². The van der Waals surface area contributed by atoms with Crippen molar-refractivity contribution in [1.29, 1.82) is 0 Å². The number of nitrogens with one attached hydrogen (secondary N) is 1. The molecule has 8 nitrogen and oxygen atoms in total. The molecule has 3 aromatic rings. The Bertz CT molecular complexity index is 1480. The van der Waals surface area contributed by atoms with E-state index in [1.165, 1.54) is 24.0 Å². The van der Waals surface area contributed by atoms with Crippen molar-refractivity contribution in [2.24, 2.45) is 0 Å². The molecular formula is C30H33Cl2N3O5S. The minimum atomic E-state index is -3.98. The predicted molar refractivity (Wildman–Crippen MR) is 163 cm³/mol. The fourth-order valence-electron chi connectivity index (χ4n) is 4.27. The van der Waals surface area contributed by atoms with E-state index in [1.54, 1.807) is 30.3 Å². The lowest BCUT2D eigenvalue weighted by Gasteiger charge is -2.34. The number of sulfonamides is 1. The van der Waals surface area contributed by atoms with Gasteiger partial charge in [0.15, 0.2) is 5.78 Å². The van der Waals surface area contributed by atoms with Crippen molar-refractivity contribution < 1.29 is 22.8 Å². The molecule has 0 radical (unpaired) electrons. The third-order valence-corrected chi connectivity index (χ3v) is 8.28. The fraction of sp³-hybridized carbons (Fsp3) is 0.300. The van der Waals surface area contributed by atoms with Gasteiger partial charge in [-0.15, -0.1) is 0 Å². The number of carbonyl (C=O) groups is 3. The van der Waals surface area contributed by atoms with Crippen LogP contribution in [0, 0.1) is 0 Å². The maximum Gasteiger partial charge on any atom is 0.244 e. The molecule has 11 heteroatoms. The highest BCUT2D eigenvalue weighted by Gasteiger charge is 2.33. The number of amides is 2. The molecular weight excluding hydrogens is 585 g/mol. The van der Waals surface area contributed by atoms with E-state index in [2.05, 4.69) is 5.32 Å². The first-order chi connectivity index (χ1) is 19.4. The van der Waals surface area contributed by atoms with Crippen molar-refractivity contribution in [2.45, 2.75) is 39.3 Å². The number of Topliss-reactive ketones (excluding diaryl/α,β-unsaturated/α-hetero) is 1. The summed E-state index contributed by atoms with van der Waals surface area (Å²) in [6.45, 7) is 2.92. The molecule has 0 aliphatic heterocycles. The molecule has 0 aliphatic carbocycles. The Morgan fingerprint density at radius 2 is 1.56 bits per heavy atom. The first-order valence-electron chi connectivity index (χ1n) is 13.0. The van der Waals surface area contributed by atoms with Gasteiger partial charge in [-0.05, 0) is 43.2 Å². The second-order valence-corrected chi connectivity index (χ2v) is 12.3. The maximum absolute atomic E-state index is 14.1. The van der Waals surface area contributed by atoms with E-state index in [4.69, 9.17) is 23.2 Å². The van der Waals surface area contributed by atoms with Crippen LogP contribution in [-0.2, 0) is 32.6 Å². The van der Waals surface area contributed by atoms with Gasteiger partial charge in [-0.2, -0.15) is 0 Å². The average molecular weight is 619 g/mol. The van der Waals surface area contributed by atoms with E-state index >= 15 is 0 Å². The zero-order valence-corrected chi connectivity index (χ0v) is 25.5. The standard InChI is InChI=1S/C30H33Cl2N3O5S/c1-4-16-33-30(38)28(17-22-10-6-5-7-11-22)34(19-25-26(31)14-9-15-27(25)32)29(37)20-35(41(3,39)40)24-13-8-12-23(18-24)21(2)36/h5-15,18,28H,4,16-17,19-20H2,1-3H3,(H,33,38)/t28-/m0/s1. The largest absolute Gasteiger partial charge is 0.354 e. The quantitative estimate of drug-likeness (QED) is 0.268. The number of hydrogen-bond acceptors (Lipinski definition) is 5. The van der Waals surface area contributed by atoms with Gasteiger partial charge in [-0.1, -0.05) is 78.7 Å². The number of anilines is 1. The second-order valence-electron chi connectivity index (χ2n) is 9.59. The van der Waals surface area contributed by atoms with E-state index in [-0.39, 0.29) is 24.4 Å². The number of carbonyl (C=O) groups excluding carboxylic acids is 3. The Morgan fingerprint density at radius 3 is 2.15 bits per heavy atom. The number of benzene rings is 3. The van der Waals surface area contributed by atoms with E-state index in [0.29, 0.717) is 34.1 Å². The van der Waals surface area contributed by atoms with Gasteiger partial charge in [-0.3, -0.25) is 18.7 Å². The maximum atomic E-state index is 14.1. The van der Waals surface area contributed by atoms with Crippen LogP contribution >= 0.6 is 23.2 Å². The summed E-state index contributed by atoms with van der Waals surface area (Å²) in [5, 5.41) is 3.48. The molecule has 0 bridgehead atoms. The van der Waals surface area contributed by atoms with Crippen LogP contribution in [0.1, 0.15) is 41.8 Å². The molecule has 3 rings (SSSR count). The number of nitrogens with zero attached hydrogens (tertiary/aromatic N) is 2. The van der Waals surface area contributed by atoms with Gasteiger partial charge in [0.25, 0.3) is 0 Å². The van der Waals surface area contributed by atoms with Crippen LogP contribution < -0.4 is 9.62 Å². The third-order valence-electron chi connectivity index (χ3n) is 6.43. The van der Waals surface area contributed by atoms with E-state index in [0.717, 1.165) is 16.1 Å². The van der Waals surface area contributed by atoms with Crippen LogP contribution in [0.25, 0.3) is 0 Å². The molecule has 0 spiro atoms. The first-order valence-corrected chi connectivity index (χ1v) is 15.7. The molecule has 2 amide bonds. The van der Waals surface area contributed by atoms with E-state index in [1.807, 2.05) is 37.3 Å². The molecule has 0 fully saturated rings. The summed E-state index contributed by atoms with van der Waals surface area (Å²) < 4.78 is 26.8. The topological polar surface area (TPSA) is 104 Å². The normalized spacial score (nSPS) is 11.9. The molecule has 218 valence electrons. The van der Waals surface area contributed by atoms with Crippen molar-refractivity contribution in [2.75, 3.05) is 23.7 Å². The Hall–Kier alpha value is -3.40. The molecule has 0 aliphatic rings. The summed E-state index contributed by atoms with van der Waals surface area (Å²) in [6, 6.07) is 19.2. The summed E-state index contributed by atoms with van der Waals surface area (Å²) in [4.78, 5) is 41.0. The summed E-state index contributed by atoms with van der Waals surface area (Å²) in [5.74, 6) is -1.29. The van der Waals surface area contributed by atoms with Gasteiger partial charge in [-0.25, -0.2) is 8.42 Å². The molecule has 0 unspecified atom stereocenters. The smallest absolute Gasteiger partial charge is 0.244 e. The molecule has 0 saturated heterocycles. The van der Waals surface area contributed by atoms with Crippen LogP contribution in [0.2, 0.25) is 10.0 Å². The van der Waals surface area contributed by atoms with Gasteiger partial charge in [0.2, 0.25) is 21.8 Å². The minimum Gasteiger partial charge on any atom is -0.354 e. The molecule has 1 atom stereocenters. The number of rotatable bonds is 13. The molecule has 0 heterocycles. The van der Waals surface area contributed by atoms with Gasteiger partial charge < -0.3 is 10.2 Å². The van der Waals surface area contributed by atoms with Gasteiger partial charge >= 0.3 is 0 Å². The highest BCUT2D eigenvalue weighted by molar-refractivity contribution is 7.92. The summed E-state index contributed by atoms with van der Waals surface area (Å²) in [6.07, 6.45) is 1.83.